The van der Waals surface area contributed by atoms with Gasteiger partial charge in [0.1, 0.15) is 0 Å². The summed E-state index contributed by atoms with van der Waals surface area (Å²) in [5.41, 5.74) is 2.18. The molecule has 0 aromatic heterocycles. The van der Waals surface area contributed by atoms with Crippen LogP contribution in [-0.2, 0) is 22.1 Å². The van der Waals surface area contributed by atoms with Crippen molar-refractivity contribution in [2.24, 2.45) is 0 Å². The number of amides is 1. The summed E-state index contributed by atoms with van der Waals surface area (Å²) in [6, 6.07) is 11.4. The fraction of sp³-hybridized carbons (Fsp3) is 0.409. The van der Waals surface area contributed by atoms with Gasteiger partial charge in [0.15, 0.2) is 0 Å². The third-order valence-electron chi connectivity index (χ3n) is 5.58. The average Bonchev–Trinajstić information content (AvgIpc) is 3.07. The van der Waals surface area contributed by atoms with Crippen LogP contribution >= 0.6 is 0 Å². The lowest BCUT2D eigenvalue weighted by Gasteiger charge is -2.31. The van der Waals surface area contributed by atoms with Crippen LogP contribution in [0.2, 0.25) is 0 Å². The van der Waals surface area contributed by atoms with Gasteiger partial charge in [0.05, 0.1) is 36.7 Å². The molecule has 8 heteroatoms. The summed E-state index contributed by atoms with van der Waals surface area (Å²) >= 11 is 0. The number of anilines is 3. The van der Waals surface area contributed by atoms with Crippen LogP contribution in [-0.4, -0.2) is 44.8 Å². The molecular weight excluding hydrogens is 395 g/mol. The van der Waals surface area contributed by atoms with E-state index in [2.05, 4.69) is 5.32 Å². The van der Waals surface area contributed by atoms with Crippen LogP contribution in [0.25, 0.3) is 0 Å². The highest BCUT2D eigenvalue weighted by Gasteiger charge is 2.33. The Morgan fingerprint density at radius 3 is 2.60 bits per heavy atom. The van der Waals surface area contributed by atoms with Gasteiger partial charge in [0.25, 0.3) is 0 Å². The van der Waals surface area contributed by atoms with E-state index in [0.717, 1.165) is 29.8 Å². The molecule has 0 bridgehead atoms. The van der Waals surface area contributed by atoms with E-state index in [1.54, 1.807) is 4.90 Å². The van der Waals surface area contributed by atoms with Gasteiger partial charge in [-0.25, -0.2) is 0 Å². The van der Waals surface area contributed by atoms with Gasteiger partial charge in [0.2, 0.25) is 5.91 Å². The minimum absolute atomic E-state index is 0.0110. The second-order valence-corrected chi connectivity index (χ2v) is 7.63. The number of nitrogens with one attached hydrogen (secondary N) is 1. The summed E-state index contributed by atoms with van der Waals surface area (Å²) in [7, 11) is 0. The molecule has 160 valence electrons. The van der Waals surface area contributed by atoms with Crippen molar-refractivity contribution in [2.45, 2.75) is 25.6 Å². The number of hydrogen-bond acceptors (Lipinski definition) is 4. The Bertz CT molecular complexity index is 926. The molecule has 1 N–H and O–H groups in total. The highest BCUT2D eigenvalue weighted by molar-refractivity contribution is 5.99. The zero-order chi connectivity index (χ0) is 21.3. The first-order chi connectivity index (χ1) is 14.3. The normalized spacial score (nSPS) is 19.0. The van der Waals surface area contributed by atoms with E-state index < -0.39 is 11.7 Å². The van der Waals surface area contributed by atoms with Crippen molar-refractivity contribution < 1.29 is 22.7 Å². The fourth-order valence-corrected chi connectivity index (χ4v) is 4.14. The summed E-state index contributed by atoms with van der Waals surface area (Å²) in [4.78, 5) is 16.7. The Hall–Kier alpha value is -2.74. The van der Waals surface area contributed by atoms with Crippen LogP contribution in [0.4, 0.5) is 30.2 Å². The lowest BCUT2D eigenvalue weighted by molar-refractivity contribution is -0.137. The first-order valence-electron chi connectivity index (χ1n) is 10.0. The number of nitrogens with zero attached hydrogens (tertiary/aromatic N) is 2. The number of hydrogen-bond donors (Lipinski definition) is 1. The Labute approximate surface area is 173 Å². The number of fused-ring (bicyclic) bond motifs is 1. The summed E-state index contributed by atoms with van der Waals surface area (Å²) in [5.74, 6) is -0.169. The molecule has 2 heterocycles. The smallest absolute Gasteiger partial charge is 0.378 e. The fourth-order valence-electron chi connectivity index (χ4n) is 4.14. The summed E-state index contributed by atoms with van der Waals surface area (Å²) < 4.78 is 45.1. The molecule has 1 saturated heterocycles. The molecule has 1 unspecified atom stereocenters. The van der Waals surface area contributed by atoms with Crippen molar-refractivity contribution in [2.75, 3.05) is 48.0 Å². The van der Waals surface area contributed by atoms with Crippen LogP contribution in [0.3, 0.4) is 0 Å². The van der Waals surface area contributed by atoms with Crippen molar-refractivity contribution in [3.8, 4) is 0 Å². The van der Waals surface area contributed by atoms with Crippen molar-refractivity contribution in [3.63, 3.8) is 0 Å². The lowest BCUT2D eigenvalue weighted by atomic mass is 10.1. The maximum atomic E-state index is 13.3. The quantitative estimate of drug-likeness (QED) is 0.816. The number of benzene rings is 2. The molecule has 30 heavy (non-hydrogen) atoms. The molecule has 2 aromatic rings. The standard InChI is InChI=1S/C22H24F3N3O2/c1-15-12-16-4-2-3-5-19(16)28(15)21(29)14-26-18-13-17(22(23,24)25)6-7-20(18)27-8-10-30-11-9-27/h2-7,13,15,26H,8-12,14H2,1H3. The Balaban J connectivity index is 1.56. The van der Waals surface area contributed by atoms with E-state index in [4.69, 9.17) is 4.74 Å². The van der Waals surface area contributed by atoms with Crippen LogP contribution < -0.4 is 15.1 Å². The number of rotatable bonds is 4. The molecule has 0 radical (unpaired) electrons. The second kappa shape index (κ2) is 8.18. The van der Waals surface area contributed by atoms with Crippen molar-refractivity contribution in [1.29, 1.82) is 0 Å². The first kappa shape index (κ1) is 20.5. The van der Waals surface area contributed by atoms with Gasteiger partial charge in [-0.15, -0.1) is 0 Å². The Morgan fingerprint density at radius 2 is 1.87 bits per heavy atom. The van der Waals surface area contributed by atoms with Crippen LogP contribution in [0.5, 0.6) is 0 Å². The molecule has 1 atom stereocenters. The van der Waals surface area contributed by atoms with Crippen LogP contribution in [0.1, 0.15) is 18.1 Å². The number of halogens is 3. The summed E-state index contributed by atoms with van der Waals surface area (Å²) in [5, 5.41) is 2.98. The van der Waals surface area contributed by atoms with Crippen molar-refractivity contribution >= 4 is 23.0 Å². The minimum Gasteiger partial charge on any atom is -0.378 e. The predicted molar refractivity (Wildman–Crippen MR) is 110 cm³/mol. The third kappa shape index (κ3) is 4.09. The molecule has 5 nitrogen and oxygen atoms in total. The van der Waals surface area contributed by atoms with Gasteiger partial charge in [-0.05, 0) is 43.2 Å². The SMILES string of the molecule is CC1Cc2ccccc2N1C(=O)CNc1cc(C(F)(F)F)ccc1N1CCOCC1. The highest BCUT2D eigenvalue weighted by Crippen LogP contribution is 2.36. The zero-order valence-corrected chi connectivity index (χ0v) is 16.7. The van der Waals surface area contributed by atoms with Crippen LogP contribution in [0.15, 0.2) is 42.5 Å². The van der Waals surface area contributed by atoms with E-state index in [-0.39, 0.29) is 18.5 Å². The number of ether oxygens (including phenoxy) is 1. The van der Waals surface area contributed by atoms with Gasteiger partial charge in [0, 0.05) is 24.8 Å². The van der Waals surface area contributed by atoms with E-state index in [0.29, 0.717) is 37.7 Å². The number of para-hydroxylation sites is 1. The molecular formula is C22H24F3N3O2. The topological polar surface area (TPSA) is 44.8 Å². The van der Waals surface area contributed by atoms with Crippen LogP contribution in [0, 0.1) is 0 Å². The first-order valence-corrected chi connectivity index (χ1v) is 10.0. The van der Waals surface area contributed by atoms with Crippen molar-refractivity contribution in [3.05, 3.63) is 53.6 Å². The summed E-state index contributed by atoms with van der Waals surface area (Å²) in [6.07, 6.45) is -3.68. The molecule has 2 aliphatic rings. The van der Waals surface area contributed by atoms with Gasteiger partial charge < -0.3 is 19.9 Å². The average molecular weight is 419 g/mol. The molecule has 0 aliphatic carbocycles. The molecule has 2 aromatic carbocycles. The van der Waals surface area contributed by atoms with Gasteiger partial charge in [-0.2, -0.15) is 13.2 Å². The largest absolute Gasteiger partial charge is 0.416 e. The molecule has 0 saturated carbocycles. The molecule has 1 amide bonds. The van der Waals surface area contributed by atoms with Gasteiger partial charge in [-0.3, -0.25) is 4.79 Å². The van der Waals surface area contributed by atoms with E-state index >= 15 is 0 Å². The Kier molecular flexibility index (Phi) is 5.60. The molecule has 1 fully saturated rings. The highest BCUT2D eigenvalue weighted by atomic mass is 19.4. The zero-order valence-electron chi connectivity index (χ0n) is 16.7. The monoisotopic (exact) mass is 419 g/mol. The number of carbonyl (C=O) groups excluding carboxylic acids is 1. The maximum Gasteiger partial charge on any atom is 0.416 e. The minimum atomic E-state index is -4.45. The molecule has 0 spiro atoms. The number of carbonyl (C=O) groups is 1. The number of morpholine rings is 1. The Morgan fingerprint density at radius 1 is 1.13 bits per heavy atom. The van der Waals surface area contributed by atoms with Gasteiger partial charge >= 0.3 is 6.18 Å². The van der Waals surface area contributed by atoms with E-state index in [1.165, 1.54) is 6.07 Å². The summed E-state index contributed by atoms with van der Waals surface area (Å²) in [6.45, 7) is 4.09. The lowest BCUT2D eigenvalue weighted by Crippen LogP contribution is -2.40. The third-order valence-corrected chi connectivity index (χ3v) is 5.58. The molecule has 4 rings (SSSR count). The van der Waals surface area contributed by atoms with E-state index in [1.807, 2.05) is 36.1 Å². The molecule has 2 aliphatic heterocycles. The predicted octanol–water partition coefficient (Wildman–Crippen LogP) is 3.93. The maximum absolute atomic E-state index is 13.3. The van der Waals surface area contributed by atoms with Gasteiger partial charge in [-0.1, -0.05) is 18.2 Å². The number of alkyl halides is 3. The second-order valence-electron chi connectivity index (χ2n) is 7.63. The van der Waals surface area contributed by atoms with E-state index in [9.17, 15) is 18.0 Å². The van der Waals surface area contributed by atoms with Crippen molar-refractivity contribution in [1.82, 2.24) is 0 Å².